The Morgan fingerprint density at radius 1 is 1.33 bits per heavy atom. The summed E-state index contributed by atoms with van der Waals surface area (Å²) in [5, 5.41) is 7.83. The molecule has 2 aromatic rings. The molecule has 1 atom stereocenters. The van der Waals surface area contributed by atoms with Gasteiger partial charge in [-0.25, -0.2) is 9.48 Å². The number of fused-ring (bicyclic) bond motifs is 1. The molecule has 1 aliphatic rings. The fourth-order valence-corrected chi connectivity index (χ4v) is 3.06. The van der Waals surface area contributed by atoms with Crippen molar-refractivity contribution in [2.45, 2.75) is 45.3 Å². The number of likely N-dealkylation sites (N-methyl/N-ethyl adjacent to an activating group) is 1. The quantitative estimate of drug-likeness (QED) is 0.930. The molecule has 0 saturated heterocycles. The molecule has 1 aromatic heterocycles. The van der Waals surface area contributed by atoms with E-state index in [1.165, 1.54) is 11.1 Å². The first-order valence-electron chi connectivity index (χ1n) is 7.60. The van der Waals surface area contributed by atoms with E-state index in [4.69, 9.17) is 0 Å². The Bertz CT molecular complexity index is 686. The number of nitrogens with one attached hydrogen (secondary N) is 1. The first-order chi connectivity index (χ1) is 10.2. The number of aromatic nitrogens is 3. The van der Waals surface area contributed by atoms with Gasteiger partial charge in [0.15, 0.2) is 0 Å². The standard InChI is InChI=1S/C16H22N4O/c1-12-7-3-4-8-13(12)14(17-2)11-20-16(21)19-10-6-5-9-15(19)18-20/h3-4,7-8,14,17H,5-6,9-11H2,1-2H3. The number of nitrogens with zero attached hydrogens (tertiary/aromatic N) is 3. The van der Waals surface area contributed by atoms with E-state index >= 15 is 0 Å². The van der Waals surface area contributed by atoms with Gasteiger partial charge in [0, 0.05) is 13.0 Å². The van der Waals surface area contributed by atoms with Gasteiger partial charge in [-0.15, -0.1) is 0 Å². The molecule has 1 unspecified atom stereocenters. The molecule has 0 bridgehead atoms. The lowest BCUT2D eigenvalue weighted by atomic mass is 10.0. The first kappa shape index (κ1) is 14.1. The number of benzene rings is 1. The molecule has 3 rings (SSSR count). The van der Waals surface area contributed by atoms with Crippen LogP contribution in [0.2, 0.25) is 0 Å². The Morgan fingerprint density at radius 3 is 2.86 bits per heavy atom. The lowest BCUT2D eigenvalue weighted by Gasteiger charge is -2.18. The van der Waals surface area contributed by atoms with E-state index in [0.717, 1.165) is 31.6 Å². The molecular formula is C16H22N4O. The SMILES string of the molecule is CNC(Cn1nc2n(c1=O)CCCC2)c1ccccc1C. The Balaban J connectivity index is 1.90. The molecular weight excluding hydrogens is 264 g/mol. The van der Waals surface area contributed by atoms with Gasteiger partial charge in [-0.2, -0.15) is 5.10 Å². The monoisotopic (exact) mass is 286 g/mol. The van der Waals surface area contributed by atoms with E-state index in [9.17, 15) is 4.79 Å². The Labute approximate surface area is 124 Å². The van der Waals surface area contributed by atoms with Crippen molar-refractivity contribution >= 4 is 0 Å². The van der Waals surface area contributed by atoms with Crippen LogP contribution in [0.15, 0.2) is 29.1 Å². The third kappa shape index (κ3) is 2.65. The highest BCUT2D eigenvalue weighted by Gasteiger charge is 2.19. The normalized spacial score (nSPS) is 15.7. The summed E-state index contributed by atoms with van der Waals surface area (Å²) in [7, 11) is 1.93. The summed E-state index contributed by atoms with van der Waals surface area (Å²) < 4.78 is 3.45. The predicted molar refractivity (Wildman–Crippen MR) is 82.4 cm³/mol. The lowest BCUT2D eigenvalue weighted by Crippen LogP contribution is -2.31. The van der Waals surface area contributed by atoms with Gasteiger partial charge >= 0.3 is 5.69 Å². The number of hydrogen-bond acceptors (Lipinski definition) is 3. The minimum atomic E-state index is 0.0264. The zero-order valence-corrected chi connectivity index (χ0v) is 12.7. The van der Waals surface area contributed by atoms with Crippen LogP contribution >= 0.6 is 0 Å². The zero-order valence-electron chi connectivity index (χ0n) is 12.7. The first-order valence-corrected chi connectivity index (χ1v) is 7.60. The van der Waals surface area contributed by atoms with Crippen molar-refractivity contribution in [3.8, 4) is 0 Å². The van der Waals surface area contributed by atoms with Crippen LogP contribution in [0.1, 0.15) is 35.8 Å². The highest BCUT2D eigenvalue weighted by atomic mass is 16.2. The maximum atomic E-state index is 12.4. The van der Waals surface area contributed by atoms with E-state index in [-0.39, 0.29) is 11.7 Å². The smallest absolute Gasteiger partial charge is 0.311 e. The second kappa shape index (κ2) is 5.85. The van der Waals surface area contributed by atoms with Gasteiger partial charge in [0.1, 0.15) is 5.82 Å². The highest BCUT2D eigenvalue weighted by Crippen LogP contribution is 2.18. The van der Waals surface area contributed by atoms with Crippen LogP contribution in [0.4, 0.5) is 0 Å². The van der Waals surface area contributed by atoms with Gasteiger partial charge < -0.3 is 5.32 Å². The maximum absolute atomic E-state index is 12.4. The largest absolute Gasteiger partial charge is 0.345 e. The Kier molecular flexibility index (Phi) is 3.92. The topological polar surface area (TPSA) is 51.9 Å². The maximum Gasteiger partial charge on any atom is 0.345 e. The summed E-state index contributed by atoms with van der Waals surface area (Å²) in [4.78, 5) is 12.4. The molecule has 0 aliphatic carbocycles. The van der Waals surface area contributed by atoms with Gasteiger partial charge in [-0.3, -0.25) is 4.57 Å². The van der Waals surface area contributed by atoms with E-state index in [0.29, 0.717) is 6.54 Å². The molecule has 0 amide bonds. The third-order valence-corrected chi connectivity index (χ3v) is 4.30. The molecule has 0 saturated carbocycles. The number of rotatable bonds is 4. The average molecular weight is 286 g/mol. The third-order valence-electron chi connectivity index (χ3n) is 4.30. The molecule has 0 fully saturated rings. The van der Waals surface area contributed by atoms with E-state index in [2.05, 4.69) is 29.5 Å². The second-order valence-corrected chi connectivity index (χ2v) is 5.69. The summed E-state index contributed by atoms with van der Waals surface area (Å²) in [6.07, 6.45) is 3.12. The van der Waals surface area contributed by atoms with Crippen molar-refractivity contribution in [1.82, 2.24) is 19.7 Å². The van der Waals surface area contributed by atoms with Crippen LogP contribution in [0.3, 0.4) is 0 Å². The number of aryl methyl sites for hydroxylation is 2. The van der Waals surface area contributed by atoms with E-state index in [1.54, 1.807) is 4.68 Å². The van der Waals surface area contributed by atoms with Crippen molar-refractivity contribution in [1.29, 1.82) is 0 Å². The van der Waals surface area contributed by atoms with Gasteiger partial charge in [0.25, 0.3) is 0 Å². The minimum Gasteiger partial charge on any atom is -0.311 e. The van der Waals surface area contributed by atoms with Gasteiger partial charge in [-0.05, 0) is 37.9 Å². The molecule has 21 heavy (non-hydrogen) atoms. The minimum absolute atomic E-state index is 0.0264. The molecule has 1 aliphatic heterocycles. The fraction of sp³-hybridized carbons (Fsp3) is 0.500. The van der Waals surface area contributed by atoms with Crippen LogP contribution in [0.25, 0.3) is 0 Å². The molecule has 112 valence electrons. The summed E-state index contributed by atoms with van der Waals surface area (Å²) in [6.45, 7) is 3.48. The average Bonchev–Trinajstić information content (AvgIpc) is 2.82. The summed E-state index contributed by atoms with van der Waals surface area (Å²) in [5.74, 6) is 0.936. The van der Waals surface area contributed by atoms with Crippen molar-refractivity contribution in [3.05, 3.63) is 51.7 Å². The molecule has 2 heterocycles. The van der Waals surface area contributed by atoms with E-state index < -0.39 is 0 Å². The molecule has 5 heteroatoms. The Hall–Kier alpha value is -1.88. The van der Waals surface area contributed by atoms with Crippen molar-refractivity contribution in [3.63, 3.8) is 0 Å². The summed E-state index contributed by atoms with van der Waals surface area (Å²) in [5.41, 5.74) is 2.48. The summed E-state index contributed by atoms with van der Waals surface area (Å²) in [6, 6.07) is 8.37. The van der Waals surface area contributed by atoms with Crippen LogP contribution in [-0.4, -0.2) is 21.4 Å². The Morgan fingerprint density at radius 2 is 2.14 bits per heavy atom. The van der Waals surface area contributed by atoms with Crippen molar-refractivity contribution in [2.24, 2.45) is 0 Å². The van der Waals surface area contributed by atoms with Gasteiger partial charge in [0.05, 0.1) is 12.6 Å². The molecule has 1 aromatic carbocycles. The zero-order chi connectivity index (χ0) is 14.8. The summed E-state index contributed by atoms with van der Waals surface area (Å²) >= 11 is 0. The molecule has 0 spiro atoms. The molecule has 1 N–H and O–H groups in total. The van der Waals surface area contributed by atoms with E-state index in [1.807, 2.05) is 23.7 Å². The van der Waals surface area contributed by atoms with Crippen molar-refractivity contribution < 1.29 is 0 Å². The van der Waals surface area contributed by atoms with Crippen LogP contribution in [0, 0.1) is 6.92 Å². The predicted octanol–water partition coefficient (Wildman–Crippen LogP) is 1.65. The van der Waals surface area contributed by atoms with Gasteiger partial charge in [0.2, 0.25) is 0 Å². The number of hydrogen-bond donors (Lipinski definition) is 1. The van der Waals surface area contributed by atoms with Crippen molar-refractivity contribution in [2.75, 3.05) is 7.05 Å². The second-order valence-electron chi connectivity index (χ2n) is 5.69. The van der Waals surface area contributed by atoms with Crippen LogP contribution < -0.4 is 11.0 Å². The lowest BCUT2D eigenvalue weighted by molar-refractivity contribution is 0.451. The highest BCUT2D eigenvalue weighted by molar-refractivity contribution is 5.28. The molecule has 0 radical (unpaired) electrons. The van der Waals surface area contributed by atoms with Crippen LogP contribution in [0.5, 0.6) is 0 Å². The molecule has 5 nitrogen and oxygen atoms in total. The fourth-order valence-electron chi connectivity index (χ4n) is 3.06. The van der Waals surface area contributed by atoms with Crippen LogP contribution in [-0.2, 0) is 19.5 Å². The van der Waals surface area contributed by atoms with Gasteiger partial charge in [-0.1, -0.05) is 24.3 Å².